The van der Waals surface area contributed by atoms with Crippen LogP contribution in [0.3, 0.4) is 0 Å². The van der Waals surface area contributed by atoms with Gasteiger partial charge in [0.25, 0.3) is 5.91 Å². The molecule has 0 unspecified atom stereocenters. The number of nitrogens with zero attached hydrogens (tertiary/aromatic N) is 3. The van der Waals surface area contributed by atoms with Gasteiger partial charge in [-0.15, -0.1) is 0 Å². The fourth-order valence-corrected chi connectivity index (χ4v) is 4.76. The zero-order valence-electron chi connectivity index (χ0n) is 14.2. The number of phenolic OH excluding ortho intramolecular Hbond substituents is 1. The Morgan fingerprint density at radius 3 is 2.69 bits per heavy atom. The van der Waals surface area contributed by atoms with E-state index in [1.807, 2.05) is 18.5 Å². The Morgan fingerprint density at radius 2 is 2.08 bits per heavy atom. The SMILES string of the molecule is CC(C)n1ncc2c1CCc1cc(O)c(N3CC(=O)NS3(=O)=O)c(F)c1-2. The second-order valence-corrected chi connectivity index (χ2v) is 8.27. The first-order valence-corrected chi connectivity index (χ1v) is 9.59. The highest BCUT2D eigenvalue weighted by Gasteiger charge is 2.39. The van der Waals surface area contributed by atoms with Gasteiger partial charge in [0.15, 0.2) is 5.82 Å². The van der Waals surface area contributed by atoms with Crippen LogP contribution in [0.15, 0.2) is 12.3 Å². The first-order valence-electron chi connectivity index (χ1n) is 8.15. The number of hydrogen-bond acceptors (Lipinski definition) is 5. The first kappa shape index (κ1) is 16.8. The molecule has 4 rings (SSSR count). The first-order chi connectivity index (χ1) is 12.2. The van der Waals surface area contributed by atoms with E-state index in [1.165, 1.54) is 6.07 Å². The molecule has 1 aromatic carbocycles. The maximum Gasteiger partial charge on any atom is 0.326 e. The fraction of sp³-hybridized carbons (Fsp3) is 0.375. The van der Waals surface area contributed by atoms with Crippen molar-refractivity contribution in [1.29, 1.82) is 0 Å². The third-order valence-electron chi connectivity index (χ3n) is 4.66. The molecule has 2 N–H and O–H groups in total. The molecule has 2 heterocycles. The van der Waals surface area contributed by atoms with Gasteiger partial charge in [-0.3, -0.25) is 9.48 Å². The number of benzene rings is 1. The second-order valence-electron chi connectivity index (χ2n) is 6.67. The van der Waals surface area contributed by atoms with Gasteiger partial charge in [0, 0.05) is 22.9 Å². The molecule has 1 aliphatic carbocycles. The third kappa shape index (κ3) is 2.28. The third-order valence-corrected chi connectivity index (χ3v) is 6.04. The van der Waals surface area contributed by atoms with Crippen LogP contribution in [0.2, 0.25) is 0 Å². The van der Waals surface area contributed by atoms with Gasteiger partial charge in [0.05, 0.1) is 6.20 Å². The topological polar surface area (TPSA) is 105 Å². The van der Waals surface area contributed by atoms with Gasteiger partial charge < -0.3 is 5.11 Å². The number of rotatable bonds is 2. The number of amides is 1. The lowest BCUT2D eigenvalue weighted by Crippen LogP contribution is -2.30. The van der Waals surface area contributed by atoms with Crippen LogP contribution in [0.25, 0.3) is 11.1 Å². The van der Waals surface area contributed by atoms with Crippen molar-refractivity contribution < 1.29 is 22.7 Å². The molecule has 1 aliphatic heterocycles. The molecule has 2 aliphatic rings. The van der Waals surface area contributed by atoms with Crippen molar-refractivity contribution in [2.75, 3.05) is 10.8 Å². The lowest BCUT2D eigenvalue weighted by molar-refractivity contribution is -0.117. The van der Waals surface area contributed by atoms with E-state index in [4.69, 9.17) is 0 Å². The molecular weight excluding hydrogens is 363 g/mol. The van der Waals surface area contributed by atoms with E-state index >= 15 is 4.39 Å². The molecule has 10 heteroatoms. The largest absolute Gasteiger partial charge is 0.506 e. The Morgan fingerprint density at radius 1 is 1.35 bits per heavy atom. The molecule has 0 bridgehead atoms. The zero-order valence-corrected chi connectivity index (χ0v) is 15.0. The number of anilines is 1. The number of hydrogen-bond donors (Lipinski definition) is 2. The van der Waals surface area contributed by atoms with E-state index in [-0.39, 0.29) is 11.6 Å². The summed E-state index contributed by atoms with van der Waals surface area (Å²) >= 11 is 0. The number of nitrogens with one attached hydrogen (secondary N) is 1. The summed E-state index contributed by atoms with van der Waals surface area (Å²) in [6.07, 6.45) is 2.69. The number of carbonyl (C=O) groups excluding carboxylic acids is 1. The van der Waals surface area contributed by atoms with Crippen LogP contribution in [-0.4, -0.2) is 35.8 Å². The van der Waals surface area contributed by atoms with Crippen LogP contribution < -0.4 is 9.03 Å². The normalized spacial score (nSPS) is 18.0. The van der Waals surface area contributed by atoms with Gasteiger partial charge in [-0.25, -0.2) is 13.4 Å². The van der Waals surface area contributed by atoms with Crippen LogP contribution in [0.4, 0.5) is 10.1 Å². The molecular formula is C16H17FN4O4S. The standard InChI is InChI=1S/C16H17FN4O4S/c1-8(2)21-11-4-3-9-5-12(22)16(15(17)14(9)10(11)6-18-21)20-7-13(23)19-26(20,24)25/h5-6,8,22H,3-4,7H2,1-2H3,(H,19,23). The Balaban J connectivity index is 1.95. The smallest absolute Gasteiger partial charge is 0.326 e. The van der Waals surface area contributed by atoms with Crippen molar-refractivity contribution in [3.05, 3.63) is 29.3 Å². The zero-order chi connectivity index (χ0) is 18.8. The summed E-state index contributed by atoms with van der Waals surface area (Å²) in [4.78, 5) is 11.5. The Kier molecular flexibility index (Phi) is 3.52. The Labute approximate surface area is 149 Å². The van der Waals surface area contributed by atoms with Crippen LogP contribution in [-0.2, 0) is 27.8 Å². The van der Waals surface area contributed by atoms with Crippen molar-refractivity contribution in [3.63, 3.8) is 0 Å². The van der Waals surface area contributed by atoms with Crippen molar-refractivity contribution in [2.45, 2.75) is 32.7 Å². The minimum atomic E-state index is -4.23. The van der Waals surface area contributed by atoms with Gasteiger partial charge in [0.2, 0.25) is 0 Å². The van der Waals surface area contributed by atoms with Crippen molar-refractivity contribution >= 4 is 21.8 Å². The highest BCUT2D eigenvalue weighted by atomic mass is 32.2. The second kappa shape index (κ2) is 5.44. The number of aromatic hydroxyl groups is 1. The van der Waals surface area contributed by atoms with Gasteiger partial charge in [0.1, 0.15) is 18.0 Å². The Bertz CT molecular complexity index is 1050. The lowest BCUT2D eigenvalue weighted by Gasteiger charge is -2.24. The van der Waals surface area contributed by atoms with Crippen molar-refractivity contribution in [2.24, 2.45) is 0 Å². The van der Waals surface area contributed by atoms with Gasteiger partial charge in [-0.2, -0.15) is 13.5 Å². The van der Waals surface area contributed by atoms with Crippen LogP contribution in [0.5, 0.6) is 5.75 Å². The fourth-order valence-electron chi connectivity index (χ4n) is 3.59. The highest BCUT2D eigenvalue weighted by Crippen LogP contribution is 2.44. The molecule has 0 radical (unpaired) electrons. The molecule has 2 aromatic rings. The molecule has 1 fully saturated rings. The van der Waals surface area contributed by atoms with Gasteiger partial charge in [-0.05, 0) is 38.3 Å². The summed E-state index contributed by atoms with van der Waals surface area (Å²) in [5.41, 5.74) is 1.72. The predicted octanol–water partition coefficient (Wildman–Crippen LogP) is 1.26. The number of carbonyl (C=O) groups is 1. The maximum atomic E-state index is 15.4. The van der Waals surface area contributed by atoms with E-state index in [0.717, 1.165) is 5.69 Å². The molecule has 26 heavy (non-hydrogen) atoms. The molecule has 1 aromatic heterocycles. The van der Waals surface area contributed by atoms with Crippen molar-refractivity contribution in [3.8, 4) is 16.9 Å². The van der Waals surface area contributed by atoms with Crippen LogP contribution in [0, 0.1) is 5.82 Å². The monoisotopic (exact) mass is 380 g/mol. The Hall–Kier alpha value is -2.62. The van der Waals surface area contributed by atoms with E-state index < -0.39 is 39.9 Å². The average molecular weight is 380 g/mol. The quantitative estimate of drug-likeness (QED) is 0.816. The summed E-state index contributed by atoms with van der Waals surface area (Å²) in [5, 5.41) is 14.6. The van der Waals surface area contributed by atoms with Crippen molar-refractivity contribution in [1.82, 2.24) is 14.5 Å². The lowest BCUT2D eigenvalue weighted by atomic mass is 9.88. The van der Waals surface area contributed by atoms with E-state index in [9.17, 15) is 18.3 Å². The van der Waals surface area contributed by atoms with E-state index in [2.05, 4.69) is 5.10 Å². The maximum absolute atomic E-state index is 15.4. The molecule has 1 saturated heterocycles. The number of phenols is 1. The number of fused-ring (bicyclic) bond motifs is 3. The summed E-state index contributed by atoms with van der Waals surface area (Å²) in [6, 6.07) is 1.46. The minimum absolute atomic E-state index is 0.0979. The number of aromatic nitrogens is 2. The molecule has 0 atom stereocenters. The number of aryl methyl sites for hydroxylation is 1. The molecule has 0 saturated carbocycles. The van der Waals surface area contributed by atoms with Crippen LogP contribution >= 0.6 is 0 Å². The summed E-state index contributed by atoms with van der Waals surface area (Å²) in [5.74, 6) is -2.17. The van der Waals surface area contributed by atoms with Gasteiger partial charge >= 0.3 is 10.2 Å². The van der Waals surface area contributed by atoms with Gasteiger partial charge in [-0.1, -0.05) is 0 Å². The minimum Gasteiger partial charge on any atom is -0.506 e. The number of halogens is 1. The molecule has 138 valence electrons. The predicted molar refractivity (Wildman–Crippen MR) is 91.5 cm³/mol. The molecule has 8 nitrogen and oxygen atoms in total. The van der Waals surface area contributed by atoms with E-state index in [1.54, 1.807) is 10.9 Å². The average Bonchev–Trinajstić information content (AvgIpc) is 3.07. The highest BCUT2D eigenvalue weighted by molar-refractivity contribution is 7.92. The summed E-state index contributed by atoms with van der Waals surface area (Å²) in [6.45, 7) is 3.36. The summed E-state index contributed by atoms with van der Waals surface area (Å²) < 4.78 is 43.7. The summed E-state index contributed by atoms with van der Waals surface area (Å²) in [7, 11) is -4.23. The molecule has 1 amide bonds. The van der Waals surface area contributed by atoms with E-state index in [0.29, 0.717) is 28.3 Å². The molecule has 0 spiro atoms. The van der Waals surface area contributed by atoms with Crippen LogP contribution in [0.1, 0.15) is 31.1 Å².